The number of nitrogens with zero attached hydrogens (tertiary/aromatic N) is 3. The van der Waals surface area contributed by atoms with Crippen molar-refractivity contribution in [3.8, 4) is 0 Å². The highest BCUT2D eigenvalue weighted by molar-refractivity contribution is 5.92. The highest BCUT2D eigenvalue weighted by atomic mass is 16.5. The van der Waals surface area contributed by atoms with Gasteiger partial charge < -0.3 is 19.6 Å². The Hall–Kier alpha value is -2.34. The normalized spacial score (nSPS) is 15.3. The molecule has 2 aromatic rings. The molecule has 1 aliphatic heterocycles. The van der Waals surface area contributed by atoms with E-state index in [9.17, 15) is 4.79 Å². The lowest BCUT2D eigenvalue weighted by atomic mass is 10.1. The lowest BCUT2D eigenvalue weighted by molar-refractivity contribution is -0.116. The third kappa shape index (κ3) is 4.25. The van der Waals surface area contributed by atoms with Gasteiger partial charge in [0.25, 0.3) is 0 Å². The molecule has 1 aromatic carbocycles. The van der Waals surface area contributed by atoms with Crippen LogP contribution in [0.15, 0.2) is 22.7 Å². The molecule has 2 heterocycles. The van der Waals surface area contributed by atoms with Gasteiger partial charge in [-0.25, -0.2) is 0 Å². The minimum atomic E-state index is 0.0143. The van der Waals surface area contributed by atoms with E-state index in [0.29, 0.717) is 12.8 Å². The quantitative estimate of drug-likeness (QED) is 0.892. The standard InChI is InChI=1S/C20H28N4O2/c1-14-13-17(24-11-9-23(4)10-12-24)5-7-19(14)21-20(25)8-6-18-15(2)22-26-16(18)3/h5,7,13H,6,8-12H2,1-4H3,(H,21,25). The van der Waals surface area contributed by atoms with E-state index < -0.39 is 0 Å². The molecule has 0 aliphatic carbocycles. The van der Waals surface area contributed by atoms with Crippen molar-refractivity contribution in [2.45, 2.75) is 33.6 Å². The van der Waals surface area contributed by atoms with Gasteiger partial charge in [-0.3, -0.25) is 4.79 Å². The minimum Gasteiger partial charge on any atom is -0.369 e. The molecule has 1 fully saturated rings. The molecule has 0 atom stereocenters. The van der Waals surface area contributed by atoms with Crippen LogP contribution in [0.1, 0.15) is 29.0 Å². The Morgan fingerprint density at radius 2 is 1.92 bits per heavy atom. The molecule has 140 valence electrons. The lowest BCUT2D eigenvalue weighted by Gasteiger charge is -2.34. The average molecular weight is 356 g/mol. The Bertz CT molecular complexity index is 757. The second-order valence-electron chi connectivity index (χ2n) is 7.14. The van der Waals surface area contributed by atoms with Crippen molar-refractivity contribution in [1.82, 2.24) is 10.1 Å². The molecule has 0 bridgehead atoms. The summed E-state index contributed by atoms with van der Waals surface area (Å²) in [5.41, 5.74) is 5.09. The van der Waals surface area contributed by atoms with Gasteiger partial charge in [-0.05, 0) is 58.0 Å². The largest absolute Gasteiger partial charge is 0.369 e. The lowest BCUT2D eigenvalue weighted by Crippen LogP contribution is -2.44. The molecule has 6 nitrogen and oxygen atoms in total. The second-order valence-corrected chi connectivity index (χ2v) is 7.14. The second kappa shape index (κ2) is 7.91. The first-order valence-electron chi connectivity index (χ1n) is 9.20. The van der Waals surface area contributed by atoms with Gasteiger partial charge >= 0.3 is 0 Å². The molecule has 6 heteroatoms. The van der Waals surface area contributed by atoms with Crippen molar-refractivity contribution in [3.63, 3.8) is 0 Å². The molecule has 1 aliphatic rings. The van der Waals surface area contributed by atoms with E-state index in [1.165, 1.54) is 5.69 Å². The van der Waals surface area contributed by atoms with E-state index in [-0.39, 0.29) is 5.91 Å². The molecule has 3 rings (SSSR count). The van der Waals surface area contributed by atoms with Crippen molar-refractivity contribution in [3.05, 3.63) is 40.8 Å². The number of aryl methyl sites for hydroxylation is 3. The zero-order valence-corrected chi connectivity index (χ0v) is 16.1. The number of aromatic nitrogens is 1. The predicted molar refractivity (Wildman–Crippen MR) is 104 cm³/mol. The number of amides is 1. The molecular formula is C20H28N4O2. The molecule has 1 amide bonds. The summed E-state index contributed by atoms with van der Waals surface area (Å²) in [6, 6.07) is 6.27. The summed E-state index contributed by atoms with van der Waals surface area (Å²) >= 11 is 0. The molecule has 0 saturated carbocycles. The summed E-state index contributed by atoms with van der Waals surface area (Å²) < 4.78 is 5.15. The summed E-state index contributed by atoms with van der Waals surface area (Å²) in [4.78, 5) is 17.1. The molecule has 1 N–H and O–H groups in total. The fourth-order valence-electron chi connectivity index (χ4n) is 3.36. The third-order valence-electron chi connectivity index (χ3n) is 5.14. The first-order valence-corrected chi connectivity index (χ1v) is 9.20. The Balaban J connectivity index is 1.58. The SMILES string of the molecule is Cc1cc(N2CCN(C)CC2)ccc1NC(=O)CCc1c(C)noc1C. The summed E-state index contributed by atoms with van der Waals surface area (Å²) in [5.74, 6) is 0.809. The number of benzene rings is 1. The topological polar surface area (TPSA) is 61.6 Å². The van der Waals surface area contributed by atoms with Gasteiger partial charge in [-0.1, -0.05) is 5.16 Å². The van der Waals surface area contributed by atoms with E-state index in [0.717, 1.165) is 54.4 Å². The van der Waals surface area contributed by atoms with Crippen molar-refractivity contribution in [2.75, 3.05) is 43.4 Å². The predicted octanol–water partition coefficient (Wildman–Crippen LogP) is 2.92. The van der Waals surface area contributed by atoms with Crippen LogP contribution in [0, 0.1) is 20.8 Å². The molecule has 26 heavy (non-hydrogen) atoms. The molecule has 0 unspecified atom stereocenters. The monoisotopic (exact) mass is 356 g/mol. The average Bonchev–Trinajstić information content (AvgIpc) is 2.94. The molecule has 1 saturated heterocycles. The number of rotatable bonds is 5. The van der Waals surface area contributed by atoms with Crippen molar-refractivity contribution in [2.24, 2.45) is 0 Å². The molecular weight excluding hydrogens is 328 g/mol. The van der Waals surface area contributed by atoms with Gasteiger partial charge in [0.05, 0.1) is 5.69 Å². The summed E-state index contributed by atoms with van der Waals surface area (Å²) in [6.45, 7) is 10.1. The van der Waals surface area contributed by atoms with Gasteiger partial charge in [0.1, 0.15) is 5.76 Å². The van der Waals surface area contributed by atoms with Crippen LogP contribution in [-0.4, -0.2) is 49.2 Å². The number of carbonyl (C=O) groups is 1. The highest BCUT2D eigenvalue weighted by Crippen LogP contribution is 2.24. The summed E-state index contributed by atoms with van der Waals surface area (Å²) in [6.07, 6.45) is 1.06. The van der Waals surface area contributed by atoms with Gasteiger partial charge in [0, 0.05) is 49.5 Å². The third-order valence-corrected chi connectivity index (χ3v) is 5.14. The Kier molecular flexibility index (Phi) is 5.61. The minimum absolute atomic E-state index is 0.0143. The fraction of sp³-hybridized carbons (Fsp3) is 0.500. The van der Waals surface area contributed by atoms with Crippen LogP contribution in [0.25, 0.3) is 0 Å². The van der Waals surface area contributed by atoms with E-state index in [1.807, 2.05) is 26.8 Å². The number of piperazine rings is 1. The van der Waals surface area contributed by atoms with Crippen LogP contribution in [-0.2, 0) is 11.2 Å². The fourth-order valence-corrected chi connectivity index (χ4v) is 3.36. The van der Waals surface area contributed by atoms with Crippen LogP contribution >= 0.6 is 0 Å². The van der Waals surface area contributed by atoms with E-state index in [1.54, 1.807) is 0 Å². The maximum absolute atomic E-state index is 12.3. The number of hydrogen-bond donors (Lipinski definition) is 1. The van der Waals surface area contributed by atoms with Gasteiger partial charge in [-0.15, -0.1) is 0 Å². The van der Waals surface area contributed by atoms with E-state index >= 15 is 0 Å². The first-order chi connectivity index (χ1) is 12.4. The molecule has 1 aromatic heterocycles. The Morgan fingerprint density at radius 1 is 1.19 bits per heavy atom. The Labute approximate surface area is 155 Å². The van der Waals surface area contributed by atoms with Crippen molar-refractivity contribution < 1.29 is 9.32 Å². The number of carbonyl (C=O) groups excluding carboxylic acids is 1. The van der Waals surface area contributed by atoms with E-state index in [4.69, 9.17) is 4.52 Å². The van der Waals surface area contributed by atoms with Crippen LogP contribution in [0.5, 0.6) is 0 Å². The Morgan fingerprint density at radius 3 is 2.54 bits per heavy atom. The zero-order valence-electron chi connectivity index (χ0n) is 16.1. The molecule has 0 spiro atoms. The zero-order chi connectivity index (χ0) is 18.7. The molecule has 0 radical (unpaired) electrons. The van der Waals surface area contributed by atoms with Crippen molar-refractivity contribution in [1.29, 1.82) is 0 Å². The summed E-state index contributed by atoms with van der Waals surface area (Å²) in [7, 11) is 2.16. The first kappa shape index (κ1) is 18.5. The summed E-state index contributed by atoms with van der Waals surface area (Å²) in [5, 5.41) is 6.97. The van der Waals surface area contributed by atoms with Crippen LogP contribution < -0.4 is 10.2 Å². The number of anilines is 2. The number of likely N-dealkylation sites (N-methyl/N-ethyl adjacent to an activating group) is 1. The van der Waals surface area contributed by atoms with Crippen molar-refractivity contribution >= 4 is 17.3 Å². The smallest absolute Gasteiger partial charge is 0.224 e. The number of hydrogen-bond acceptors (Lipinski definition) is 5. The maximum Gasteiger partial charge on any atom is 0.224 e. The van der Waals surface area contributed by atoms with Crippen LogP contribution in [0.4, 0.5) is 11.4 Å². The van der Waals surface area contributed by atoms with E-state index in [2.05, 4.69) is 39.5 Å². The van der Waals surface area contributed by atoms with Gasteiger partial charge in [0.2, 0.25) is 5.91 Å². The van der Waals surface area contributed by atoms with Crippen LogP contribution in [0.2, 0.25) is 0 Å². The number of nitrogens with one attached hydrogen (secondary N) is 1. The van der Waals surface area contributed by atoms with Gasteiger partial charge in [-0.2, -0.15) is 0 Å². The van der Waals surface area contributed by atoms with Crippen LogP contribution in [0.3, 0.4) is 0 Å². The highest BCUT2D eigenvalue weighted by Gasteiger charge is 2.16. The maximum atomic E-state index is 12.3. The van der Waals surface area contributed by atoms with Gasteiger partial charge in [0.15, 0.2) is 0 Å².